The zero-order valence-corrected chi connectivity index (χ0v) is 13.2. The van der Waals surface area contributed by atoms with Gasteiger partial charge in [-0.2, -0.15) is 0 Å². The highest BCUT2D eigenvalue weighted by molar-refractivity contribution is 7.16. The normalized spacial score (nSPS) is 13.3. The van der Waals surface area contributed by atoms with E-state index in [0.717, 1.165) is 0 Å². The van der Waals surface area contributed by atoms with Gasteiger partial charge in [-0.15, -0.1) is 11.3 Å². The molecule has 0 aliphatic carbocycles. The van der Waals surface area contributed by atoms with Crippen LogP contribution in [-0.2, 0) is 0 Å². The van der Waals surface area contributed by atoms with Crippen LogP contribution in [-0.4, -0.2) is 34.0 Å². The van der Waals surface area contributed by atoms with E-state index in [1.807, 2.05) is 0 Å². The molecular formula is C16H11FN4O2S. The molecule has 1 aromatic carbocycles. The molecule has 3 aromatic rings. The summed E-state index contributed by atoms with van der Waals surface area (Å²) in [4.78, 5) is 27.0. The molecule has 0 fully saturated rings. The molecule has 1 aliphatic heterocycles. The van der Waals surface area contributed by atoms with Crippen LogP contribution in [0.4, 0.5) is 10.1 Å². The van der Waals surface area contributed by atoms with Gasteiger partial charge in [-0.25, -0.2) is 19.3 Å². The van der Waals surface area contributed by atoms with Crippen molar-refractivity contribution >= 4 is 22.9 Å². The summed E-state index contributed by atoms with van der Waals surface area (Å²) in [5, 5.41) is 0.543. The van der Waals surface area contributed by atoms with Crippen LogP contribution in [0, 0.1) is 5.82 Å². The van der Waals surface area contributed by atoms with Gasteiger partial charge in [0.15, 0.2) is 16.6 Å². The summed E-state index contributed by atoms with van der Waals surface area (Å²) in [6, 6.07) is 6.22. The molecule has 0 saturated carbocycles. The van der Waals surface area contributed by atoms with Gasteiger partial charge in [-0.1, -0.05) is 6.07 Å². The monoisotopic (exact) mass is 342 g/mol. The second-order valence-electron chi connectivity index (χ2n) is 4.99. The number of benzene rings is 1. The van der Waals surface area contributed by atoms with Crippen molar-refractivity contribution < 1.29 is 13.9 Å². The molecule has 24 heavy (non-hydrogen) atoms. The average molecular weight is 342 g/mol. The summed E-state index contributed by atoms with van der Waals surface area (Å²) in [6.45, 7) is 0.595. The van der Waals surface area contributed by atoms with Crippen molar-refractivity contribution in [2.75, 3.05) is 18.1 Å². The first-order valence-electron chi connectivity index (χ1n) is 7.20. The SMILES string of the molecule is O=C(c1cnc(-c2ncccn2)s1)N1CCOc2cccc(F)c21. The molecule has 1 aliphatic rings. The number of para-hydroxylation sites is 1. The lowest BCUT2D eigenvalue weighted by atomic mass is 10.2. The van der Waals surface area contributed by atoms with E-state index >= 15 is 0 Å². The first-order chi connectivity index (χ1) is 11.7. The maximum atomic E-state index is 14.2. The Morgan fingerprint density at radius 3 is 2.88 bits per heavy atom. The van der Waals surface area contributed by atoms with Crippen LogP contribution in [0.15, 0.2) is 42.9 Å². The van der Waals surface area contributed by atoms with Gasteiger partial charge in [0.25, 0.3) is 5.91 Å². The topological polar surface area (TPSA) is 68.2 Å². The molecule has 0 radical (unpaired) electrons. The number of halogens is 1. The Hall–Kier alpha value is -2.87. The Labute approximate surface area is 140 Å². The van der Waals surface area contributed by atoms with E-state index in [1.54, 1.807) is 30.6 Å². The third kappa shape index (κ3) is 2.50. The van der Waals surface area contributed by atoms with E-state index < -0.39 is 5.82 Å². The Morgan fingerprint density at radius 2 is 2.04 bits per heavy atom. The summed E-state index contributed by atoms with van der Waals surface area (Å²) in [5.41, 5.74) is 0.166. The lowest BCUT2D eigenvalue weighted by Gasteiger charge is -2.29. The minimum Gasteiger partial charge on any atom is -0.489 e. The molecule has 2 aromatic heterocycles. The summed E-state index contributed by atoms with van der Waals surface area (Å²) in [5.74, 6) is 0.0156. The number of anilines is 1. The van der Waals surface area contributed by atoms with Crippen molar-refractivity contribution in [3.63, 3.8) is 0 Å². The molecule has 0 atom stereocenters. The largest absolute Gasteiger partial charge is 0.489 e. The second kappa shape index (κ2) is 5.97. The van der Waals surface area contributed by atoms with E-state index in [2.05, 4.69) is 15.0 Å². The molecule has 4 rings (SSSR count). The summed E-state index contributed by atoms with van der Waals surface area (Å²) in [6.07, 6.45) is 4.69. The number of thiazole rings is 1. The molecule has 0 N–H and O–H groups in total. The first-order valence-corrected chi connectivity index (χ1v) is 8.02. The van der Waals surface area contributed by atoms with Gasteiger partial charge >= 0.3 is 0 Å². The van der Waals surface area contributed by atoms with Crippen LogP contribution in [0.25, 0.3) is 10.8 Å². The van der Waals surface area contributed by atoms with Crippen molar-refractivity contribution in [1.29, 1.82) is 0 Å². The minimum absolute atomic E-state index is 0.166. The van der Waals surface area contributed by atoms with Gasteiger partial charge in [-0.3, -0.25) is 9.69 Å². The van der Waals surface area contributed by atoms with Gasteiger partial charge in [0, 0.05) is 12.4 Å². The molecule has 8 heteroatoms. The lowest BCUT2D eigenvalue weighted by Crippen LogP contribution is -2.38. The summed E-state index contributed by atoms with van der Waals surface area (Å²) < 4.78 is 19.6. The molecule has 0 bridgehead atoms. The van der Waals surface area contributed by atoms with Crippen molar-refractivity contribution in [3.8, 4) is 16.6 Å². The van der Waals surface area contributed by atoms with Crippen LogP contribution in [0.5, 0.6) is 5.75 Å². The van der Waals surface area contributed by atoms with E-state index in [0.29, 0.717) is 28.1 Å². The van der Waals surface area contributed by atoms with Crippen molar-refractivity contribution in [3.05, 3.63) is 53.6 Å². The Bertz CT molecular complexity index is 900. The predicted molar refractivity (Wildman–Crippen MR) is 86.7 cm³/mol. The highest BCUT2D eigenvalue weighted by atomic mass is 32.1. The van der Waals surface area contributed by atoms with Crippen LogP contribution < -0.4 is 9.64 Å². The molecule has 0 spiro atoms. The quantitative estimate of drug-likeness (QED) is 0.716. The Balaban J connectivity index is 1.68. The Kier molecular flexibility index (Phi) is 3.66. The van der Waals surface area contributed by atoms with Gasteiger partial charge in [-0.05, 0) is 18.2 Å². The average Bonchev–Trinajstić information content (AvgIpc) is 3.12. The fourth-order valence-corrected chi connectivity index (χ4v) is 3.27. The summed E-state index contributed by atoms with van der Waals surface area (Å²) >= 11 is 1.18. The van der Waals surface area contributed by atoms with E-state index in [-0.39, 0.29) is 18.1 Å². The van der Waals surface area contributed by atoms with Gasteiger partial charge in [0.1, 0.15) is 22.9 Å². The van der Waals surface area contributed by atoms with Crippen molar-refractivity contribution in [1.82, 2.24) is 15.0 Å². The van der Waals surface area contributed by atoms with Crippen LogP contribution in [0.1, 0.15) is 9.67 Å². The molecule has 0 saturated heterocycles. The second-order valence-corrected chi connectivity index (χ2v) is 6.02. The zero-order chi connectivity index (χ0) is 16.5. The number of aromatic nitrogens is 3. The maximum Gasteiger partial charge on any atom is 0.270 e. The number of hydrogen-bond acceptors (Lipinski definition) is 6. The van der Waals surface area contributed by atoms with Crippen LogP contribution in [0.3, 0.4) is 0 Å². The van der Waals surface area contributed by atoms with Crippen molar-refractivity contribution in [2.45, 2.75) is 0 Å². The number of amides is 1. The third-order valence-electron chi connectivity index (χ3n) is 3.51. The van der Waals surface area contributed by atoms with Crippen LogP contribution in [0.2, 0.25) is 0 Å². The lowest BCUT2D eigenvalue weighted by molar-refractivity contribution is 0.0979. The number of carbonyl (C=O) groups excluding carboxylic acids is 1. The third-order valence-corrected chi connectivity index (χ3v) is 4.49. The van der Waals surface area contributed by atoms with Gasteiger partial charge in [0.05, 0.1) is 12.7 Å². The molecule has 120 valence electrons. The first kappa shape index (κ1) is 14.7. The number of rotatable bonds is 2. The molecule has 0 unspecified atom stereocenters. The fraction of sp³-hybridized carbons (Fsp3) is 0.125. The van der Waals surface area contributed by atoms with Crippen molar-refractivity contribution in [2.24, 2.45) is 0 Å². The fourth-order valence-electron chi connectivity index (χ4n) is 2.45. The number of fused-ring (bicyclic) bond motifs is 1. The van der Waals surface area contributed by atoms with Crippen LogP contribution >= 0.6 is 11.3 Å². The molecule has 1 amide bonds. The number of nitrogens with zero attached hydrogens (tertiary/aromatic N) is 4. The van der Waals surface area contributed by atoms with E-state index in [4.69, 9.17) is 4.74 Å². The predicted octanol–water partition coefficient (Wildman–Crippen LogP) is 2.78. The van der Waals surface area contributed by atoms with Gasteiger partial charge in [0.2, 0.25) is 0 Å². The molecule has 3 heterocycles. The molecule has 6 nitrogen and oxygen atoms in total. The zero-order valence-electron chi connectivity index (χ0n) is 12.3. The minimum atomic E-state index is -0.489. The standard InChI is InChI=1S/C16H11FN4O2S/c17-10-3-1-4-11-13(10)21(7-8-23-11)16(22)12-9-20-15(24-12)14-18-5-2-6-19-14/h1-6,9H,7-8H2. The van der Waals surface area contributed by atoms with E-state index in [9.17, 15) is 9.18 Å². The Morgan fingerprint density at radius 1 is 1.21 bits per heavy atom. The highest BCUT2D eigenvalue weighted by Crippen LogP contribution is 2.35. The number of ether oxygens (including phenoxy) is 1. The van der Waals surface area contributed by atoms with Gasteiger partial charge < -0.3 is 4.74 Å². The number of hydrogen-bond donors (Lipinski definition) is 0. The van der Waals surface area contributed by atoms with E-state index in [1.165, 1.54) is 28.5 Å². The molecular weight excluding hydrogens is 331 g/mol. The smallest absolute Gasteiger partial charge is 0.270 e. The number of carbonyl (C=O) groups is 1. The summed E-state index contributed by atoms with van der Waals surface area (Å²) in [7, 11) is 0. The maximum absolute atomic E-state index is 14.2. The highest BCUT2D eigenvalue weighted by Gasteiger charge is 2.29.